The van der Waals surface area contributed by atoms with Gasteiger partial charge in [-0.05, 0) is 0 Å². The van der Waals surface area contributed by atoms with Crippen molar-refractivity contribution in [1.82, 2.24) is 19.9 Å². The molecule has 7 rings (SSSR count). The lowest BCUT2D eigenvalue weighted by Crippen LogP contribution is -1.89. The van der Waals surface area contributed by atoms with Crippen molar-refractivity contribution in [2.24, 2.45) is 0 Å². The lowest BCUT2D eigenvalue weighted by Gasteiger charge is -2.03. The average Bonchev–Trinajstić information content (AvgIpc) is 3.76. The van der Waals surface area contributed by atoms with Crippen LogP contribution in [0.4, 0.5) is 11.4 Å². The number of hydrogen-bond donors (Lipinski definition) is 2. The minimum atomic E-state index is -0.416. The molecule has 0 aliphatic rings. The van der Waals surface area contributed by atoms with Gasteiger partial charge >= 0.3 is 0 Å². The van der Waals surface area contributed by atoms with Gasteiger partial charge in [0.1, 0.15) is 11.6 Å². The van der Waals surface area contributed by atoms with E-state index in [1.165, 1.54) is 24.3 Å². The predicted octanol–water partition coefficient (Wildman–Crippen LogP) is 8.95. The molecule has 0 radical (unpaired) electrons. The van der Waals surface area contributed by atoms with Gasteiger partial charge in [-0.3, -0.25) is 20.2 Å². The number of hydrogen-bond acceptors (Lipinski definition) is 6. The van der Waals surface area contributed by atoms with Gasteiger partial charge in [0.05, 0.1) is 32.6 Å². The van der Waals surface area contributed by atoms with Crippen LogP contribution in [0.2, 0.25) is 0 Å². The minimum absolute atomic E-state index is 0.0109. The van der Waals surface area contributed by atoms with Crippen LogP contribution in [-0.2, 0) is 0 Å². The molecule has 0 atom stereocenters. The van der Waals surface area contributed by atoms with Crippen molar-refractivity contribution in [3.05, 3.63) is 154 Å². The largest absolute Gasteiger partial charge is 0.337 e. The second-order valence-corrected chi connectivity index (χ2v) is 10.5. The van der Waals surface area contributed by atoms with Gasteiger partial charge in [0.2, 0.25) is 0 Å². The second-order valence-electron chi connectivity index (χ2n) is 10.5. The number of nitro groups is 2. The Morgan fingerprint density at radius 1 is 0.435 bits per heavy atom. The summed E-state index contributed by atoms with van der Waals surface area (Å²) in [6.45, 7) is 0. The maximum absolute atomic E-state index is 11.5. The van der Waals surface area contributed by atoms with E-state index in [4.69, 9.17) is 9.97 Å². The molecule has 7 aromatic rings. The molecule has 0 aliphatic heterocycles. The van der Waals surface area contributed by atoms with Crippen LogP contribution < -0.4 is 0 Å². The van der Waals surface area contributed by atoms with Crippen molar-refractivity contribution in [3.8, 4) is 67.8 Å². The molecule has 2 N–H and O–H groups in total. The van der Waals surface area contributed by atoms with E-state index in [0.717, 1.165) is 33.6 Å². The molecule has 46 heavy (non-hydrogen) atoms. The van der Waals surface area contributed by atoms with Crippen LogP contribution in [-0.4, -0.2) is 29.8 Å². The lowest BCUT2D eigenvalue weighted by molar-refractivity contribution is -0.385. The first-order chi connectivity index (χ1) is 22.4. The molecule has 0 saturated carbocycles. The Morgan fingerprint density at radius 3 is 1.17 bits per heavy atom. The zero-order chi connectivity index (χ0) is 31.6. The molecular weight excluding hydrogens is 580 g/mol. The van der Waals surface area contributed by atoms with Gasteiger partial charge in [0, 0.05) is 57.6 Å². The first kappa shape index (κ1) is 28.1. The highest BCUT2D eigenvalue weighted by Gasteiger charge is 2.20. The summed E-state index contributed by atoms with van der Waals surface area (Å²) in [5.74, 6) is 1.21. The number of benzene rings is 5. The highest BCUT2D eigenvalue weighted by Crippen LogP contribution is 2.37. The normalized spacial score (nSPS) is 11.0. The second kappa shape index (κ2) is 11.8. The maximum atomic E-state index is 11.5. The predicted molar refractivity (Wildman–Crippen MR) is 177 cm³/mol. The van der Waals surface area contributed by atoms with E-state index in [0.29, 0.717) is 34.2 Å². The molecule has 0 unspecified atom stereocenters. The number of nitro benzene ring substituents is 2. The van der Waals surface area contributed by atoms with Gasteiger partial charge in [-0.1, -0.05) is 109 Å². The summed E-state index contributed by atoms with van der Waals surface area (Å²) in [5, 5.41) is 23.0. The van der Waals surface area contributed by atoms with Crippen LogP contribution in [0.15, 0.2) is 133 Å². The molecule has 0 bridgehead atoms. The van der Waals surface area contributed by atoms with E-state index in [9.17, 15) is 20.2 Å². The van der Waals surface area contributed by atoms with Gasteiger partial charge < -0.3 is 9.97 Å². The molecule has 222 valence electrons. The number of nitrogens with one attached hydrogen (secondary N) is 2. The van der Waals surface area contributed by atoms with Crippen molar-refractivity contribution >= 4 is 11.4 Å². The smallest absolute Gasteiger partial charge is 0.270 e. The third-order valence-electron chi connectivity index (χ3n) is 7.63. The summed E-state index contributed by atoms with van der Waals surface area (Å²) in [4.78, 5) is 38.8. The Balaban J connectivity index is 1.29. The molecular formula is C36H24N6O4. The van der Waals surface area contributed by atoms with Crippen molar-refractivity contribution < 1.29 is 9.85 Å². The van der Waals surface area contributed by atoms with Gasteiger partial charge in [0.15, 0.2) is 0 Å². The summed E-state index contributed by atoms with van der Waals surface area (Å²) in [6, 6.07) is 40.0. The summed E-state index contributed by atoms with van der Waals surface area (Å²) >= 11 is 0. The summed E-state index contributed by atoms with van der Waals surface area (Å²) < 4.78 is 0. The van der Waals surface area contributed by atoms with Crippen molar-refractivity contribution in [2.45, 2.75) is 0 Å². The third kappa shape index (κ3) is 5.42. The van der Waals surface area contributed by atoms with E-state index in [1.54, 1.807) is 12.1 Å². The van der Waals surface area contributed by atoms with E-state index in [2.05, 4.69) is 9.97 Å². The minimum Gasteiger partial charge on any atom is -0.337 e. The van der Waals surface area contributed by atoms with Crippen molar-refractivity contribution in [1.29, 1.82) is 0 Å². The van der Waals surface area contributed by atoms with Crippen LogP contribution >= 0.6 is 0 Å². The van der Waals surface area contributed by atoms with Gasteiger partial charge in [0.25, 0.3) is 11.4 Å². The molecule has 0 fully saturated rings. The first-order valence-electron chi connectivity index (χ1n) is 14.4. The maximum Gasteiger partial charge on any atom is 0.270 e. The number of H-pyrrole nitrogens is 2. The Morgan fingerprint density at radius 2 is 0.804 bits per heavy atom. The van der Waals surface area contributed by atoms with Crippen LogP contribution in [0.1, 0.15) is 0 Å². The fourth-order valence-electron chi connectivity index (χ4n) is 5.38. The first-order valence-corrected chi connectivity index (χ1v) is 14.4. The van der Waals surface area contributed by atoms with Crippen LogP contribution in [0.3, 0.4) is 0 Å². The van der Waals surface area contributed by atoms with E-state index < -0.39 is 9.85 Å². The average molecular weight is 605 g/mol. The standard InChI is InChI=1S/C36H24N6O4/c43-41(44)29-15-7-13-27(21-29)33-31(23-9-3-1-4-10-23)37-35(39-33)25-17-19-26(20-18-25)36-38-32(24-11-5-2-6-12-24)34(40-36)28-14-8-16-30(22-28)42(45)46/h1-22H,(H,37,39)(H,38,40). The molecule has 0 amide bonds. The number of aromatic amines is 2. The number of rotatable bonds is 8. The highest BCUT2D eigenvalue weighted by atomic mass is 16.6. The Bertz CT molecular complexity index is 2050. The molecule has 10 nitrogen and oxygen atoms in total. The zero-order valence-corrected chi connectivity index (χ0v) is 24.1. The lowest BCUT2D eigenvalue weighted by atomic mass is 10.0. The molecule has 2 heterocycles. The van der Waals surface area contributed by atoms with Crippen LogP contribution in [0.5, 0.6) is 0 Å². The quantitative estimate of drug-likeness (QED) is 0.131. The fourth-order valence-corrected chi connectivity index (χ4v) is 5.38. The van der Waals surface area contributed by atoms with Crippen molar-refractivity contribution in [2.75, 3.05) is 0 Å². The Kier molecular flexibility index (Phi) is 7.20. The molecule has 0 aliphatic carbocycles. The Labute approximate surface area is 262 Å². The number of aromatic nitrogens is 4. The van der Waals surface area contributed by atoms with Crippen LogP contribution in [0.25, 0.3) is 67.8 Å². The molecule has 10 heteroatoms. The van der Waals surface area contributed by atoms with Gasteiger partial charge in [-0.15, -0.1) is 0 Å². The summed E-state index contributed by atoms with van der Waals surface area (Å²) in [6.07, 6.45) is 0. The van der Waals surface area contributed by atoms with Gasteiger partial charge in [-0.25, -0.2) is 9.97 Å². The van der Waals surface area contributed by atoms with E-state index in [1.807, 2.05) is 97.1 Å². The van der Waals surface area contributed by atoms with Crippen LogP contribution in [0, 0.1) is 20.2 Å². The molecule has 5 aromatic carbocycles. The summed E-state index contributed by atoms with van der Waals surface area (Å²) in [5.41, 5.74) is 7.37. The Hall–Kier alpha value is -6.68. The topological polar surface area (TPSA) is 144 Å². The highest BCUT2D eigenvalue weighted by molar-refractivity contribution is 5.84. The molecule has 0 saturated heterocycles. The number of nitrogens with zero attached hydrogens (tertiary/aromatic N) is 4. The van der Waals surface area contributed by atoms with E-state index in [-0.39, 0.29) is 11.4 Å². The van der Waals surface area contributed by atoms with Crippen molar-refractivity contribution in [3.63, 3.8) is 0 Å². The number of imidazole rings is 2. The van der Waals surface area contributed by atoms with E-state index >= 15 is 0 Å². The number of non-ortho nitro benzene ring substituents is 2. The third-order valence-corrected chi connectivity index (χ3v) is 7.63. The van der Waals surface area contributed by atoms with Gasteiger partial charge in [-0.2, -0.15) is 0 Å². The monoisotopic (exact) mass is 604 g/mol. The summed E-state index contributed by atoms with van der Waals surface area (Å²) in [7, 11) is 0. The molecule has 2 aromatic heterocycles. The molecule has 0 spiro atoms. The zero-order valence-electron chi connectivity index (χ0n) is 24.1. The SMILES string of the molecule is O=[N+]([O-])c1cccc(-c2nc(-c3ccc(-c4nc(-c5cccc([N+](=O)[O-])c5)c(-c5ccccc5)[nH]4)cc3)[nH]c2-c2ccccc2)c1. The fraction of sp³-hybridized carbons (Fsp3) is 0.